The number of hydrogen-bond acceptors (Lipinski definition) is 13. The first-order chi connectivity index (χ1) is 15.1. The number of rotatable bonds is 8. The Morgan fingerprint density at radius 3 is 2.19 bits per heavy atom. The highest BCUT2D eigenvalue weighted by Crippen LogP contribution is 2.61. The second-order valence-corrected chi connectivity index (χ2v) is 11.4. The Kier molecular flexibility index (Phi) is 12.2. The van der Waals surface area contributed by atoms with E-state index in [2.05, 4.69) is 13.1 Å². The van der Waals surface area contributed by atoms with E-state index in [9.17, 15) is 43.4 Å². The molecule has 1 aliphatic rings. The van der Waals surface area contributed by atoms with Crippen LogP contribution in [0, 0.1) is 0 Å². The minimum Gasteiger partial charge on any atom is -0.756 e. The summed E-state index contributed by atoms with van der Waals surface area (Å²) in [6.45, 7) is -1.11. The van der Waals surface area contributed by atoms with Crippen LogP contribution in [0.3, 0.4) is 0 Å². The molecule has 22 heteroatoms. The van der Waals surface area contributed by atoms with Gasteiger partial charge >= 0.3 is 0 Å². The molecule has 1 fully saturated rings. The Morgan fingerprint density at radius 1 is 1.00 bits per heavy atom. The molecule has 1 aromatic carbocycles. The first-order valence-corrected chi connectivity index (χ1v) is 13.4. The second-order valence-electron chi connectivity index (χ2n) is 6.63. The van der Waals surface area contributed by atoms with Crippen LogP contribution in [0.1, 0.15) is 6.23 Å². The number of pyridine rings is 1. The third-order valence-electron chi connectivity index (χ3n) is 4.30. The molecule has 3 rings (SSSR count). The quantitative estimate of drug-likeness (QED) is 0.214. The van der Waals surface area contributed by atoms with Crippen molar-refractivity contribution in [3.05, 3.63) is 45.8 Å². The Labute approximate surface area is 207 Å². The minimum atomic E-state index is -6.10. The zero-order chi connectivity index (χ0) is 24.8. The van der Waals surface area contributed by atoms with Gasteiger partial charge in [0.2, 0.25) is 0 Å². The average molecular weight is 603 g/mol. The molecule has 0 bridgehead atoms. The number of ether oxygens (including phenoxy) is 1. The van der Waals surface area contributed by atoms with Gasteiger partial charge in [-0.25, -0.2) is 8.62 Å². The van der Waals surface area contributed by atoms with Crippen LogP contribution in [-0.2, 0) is 31.6 Å². The molecule has 1 aliphatic heterocycles. The third-order valence-corrected chi connectivity index (χ3v) is 8.23. The van der Waals surface area contributed by atoms with Crippen molar-refractivity contribution in [1.29, 1.82) is 0 Å². The largest absolute Gasteiger partial charge is 0.756 e. The van der Waals surface area contributed by atoms with Gasteiger partial charge in [-0.15, -0.1) is 0 Å². The lowest BCUT2D eigenvalue weighted by Crippen LogP contribution is -2.35. The number of quaternary nitrogens is 3. The zero-order valence-electron chi connectivity index (χ0n) is 18.9. The number of phosphoric ester groups is 1. The van der Waals surface area contributed by atoms with Gasteiger partial charge in [-0.1, -0.05) is 11.6 Å². The van der Waals surface area contributed by atoms with Gasteiger partial charge < -0.3 is 57.5 Å². The maximum atomic E-state index is 12.7. The van der Waals surface area contributed by atoms with Crippen LogP contribution >= 0.6 is 35.1 Å². The summed E-state index contributed by atoms with van der Waals surface area (Å²) in [5.74, 6) is 0. The molecular weight excluding hydrogens is 577 g/mol. The summed E-state index contributed by atoms with van der Waals surface area (Å²) in [5, 5.41) is 21.5. The summed E-state index contributed by atoms with van der Waals surface area (Å²) in [7, 11) is -17.8. The van der Waals surface area contributed by atoms with Crippen LogP contribution in [0.4, 0.5) is 0 Å². The summed E-state index contributed by atoms with van der Waals surface area (Å²) in [5.41, 5.74) is -0.629. The molecule has 36 heavy (non-hydrogen) atoms. The lowest BCUT2D eigenvalue weighted by atomic mass is 10.1. The number of nitrogens with zero attached hydrogens (tertiary/aromatic N) is 1. The number of fused-ring (bicyclic) bond motifs is 1. The van der Waals surface area contributed by atoms with Crippen LogP contribution in [-0.4, -0.2) is 44.6 Å². The molecule has 15 N–H and O–H groups in total. The molecule has 7 atom stereocenters. The first-order valence-electron chi connectivity index (χ1n) is 8.64. The van der Waals surface area contributed by atoms with Gasteiger partial charge in [0.05, 0.1) is 6.61 Å². The fourth-order valence-electron chi connectivity index (χ4n) is 2.98. The minimum absolute atomic E-state index is 0. The van der Waals surface area contributed by atoms with Crippen molar-refractivity contribution in [2.75, 3.05) is 6.61 Å². The number of aromatic nitrogens is 1. The maximum Gasteiger partial charge on any atom is 0.280 e. The molecule has 1 saturated heterocycles. The highest BCUT2D eigenvalue weighted by atomic mass is 35.5. The number of halogens is 1. The van der Waals surface area contributed by atoms with E-state index in [0.29, 0.717) is 10.4 Å². The van der Waals surface area contributed by atoms with E-state index >= 15 is 0 Å². The molecule has 0 aliphatic carbocycles. The molecule has 208 valence electrons. The molecule has 1 aromatic heterocycles. The summed E-state index contributed by atoms with van der Waals surface area (Å²) < 4.78 is 50.4. The van der Waals surface area contributed by atoms with E-state index in [4.69, 9.17) is 21.2 Å². The van der Waals surface area contributed by atoms with Gasteiger partial charge in [-0.05, 0) is 29.7 Å². The molecule has 18 nitrogen and oxygen atoms in total. The van der Waals surface area contributed by atoms with Gasteiger partial charge in [0.25, 0.3) is 29.0 Å². The number of aliphatic hydroxyl groups is 2. The predicted octanol–water partition coefficient (Wildman–Crippen LogP) is -0.150. The van der Waals surface area contributed by atoms with E-state index in [-0.39, 0.29) is 23.8 Å². The van der Waals surface area contributed by atoms with Crippen LogP contribution in [0.5, 0.6) is 0 Å². The van der Waals surface area contributed by atoms with E-state index in [1.54, 1.807) is 0 Å². The molecule has 0 saturated carbocycles. The number of aliphatic hydroxyl groups excluding tert-OH is 2. The van der Waals surface area contributed by atoms with Crippen molar-refractivity contribution >= 4 is 45.8 Å². The van der Waals surface area contributed by atoms with E-state index in [1.807, 2.05) is 0 Å². The third kappa shape index (κ3) is 8.46. The number of hydrogen-bond donors (Lipinski definition) is 6. The molecule has 0 radical (unpaired) electrons. The number of phosphoric acid groups is 3. The standard InChI is InChI=1S/C14H17ClNO14P3.3H3N/c15-8-1-2-9-7(5-8)3-4-16(13(9)19)14-12(18)11(17)10(28-14)6-27-32(23,24)30-33(25,26)29-31(20,21)22;;;/h1-5,10-12,14,17-18H,6H2,(H,23,24)(H,25,26)(H2,20,21,22);3*1H3/t10-,11-,12-,14-;;;/m1.../s1. The molecule has 2 aromatic rings. The van der Waals surface area contributed by atoms with Crippen LogP contribution in [0.2, 0.25) is 5.02 Å². The van der Waals surface area contributed by atoms with E-state index in [1.165, 1.54) is 30.5 Å². The van der Waals surface area contributed by atoms with Crippen molar-refractivity contribution in [2.24, 2.45) is 0 Å². The topological polar surface area (TPSA) is 350 Å². The molecule has 2 heterocycles. The normalized spacial score (nSPS) is 26.4. The highest BCUT2D eigenvalue weighted by Gasteiger charge is 2.44. The SMILES string of the molecule is O=c1c2ccc(Cl)cc2ccn1[C@@H]1O[C@H](COP(=O)([O-])OP(=O)([O-])OP(=O)([O-])O)[C@@H](O)[C@H]1O.[NH4+].[NH4+].[NH4+]. The lowest BCUT2D eigenvalue weighted by Gasteiger charge is -2.33. The van der Waals surface area contributed by atoms with Crippen molar-refractivity contribution in [2.45, 2.75) is 24.5 Å². The molecule has 0 spiro atoms. The van der Waals surface area contributed by atoms with Gasteiger partial charge in [0, 0.05) is 16.6 Å². The van der Waals surface area contributed by atoms with Crippen molar-refractivity contribution in [3.63, 3.8) is 0 Å². The fraction of sp³-hybridized carbons (Fsp3) is 0.357. The average Bonchev–Trinajstić information content (AvgIpc) is 2.92. The second kappa shape index (κ2) is 12.6. The van der Waals surface area contributed by atoms with Gasteiger partial charge in [0.15, 0.2) is 6.23 Å². The van der Waals surface area contributed by atoms with Gasteiger partial charge in [-0.3, -0.25) is 23.1 Å². The van der Waals surface area contributed by atoms with Crippen molar-refractivity contribution < 1.29 is 61.4 Å². The smallest absolute Gasteiger partial charge is 0.280 e. The Morgan fingerprint density at radius 2 is 1.61 bits per heavy atom. The van der Waals surface area contributed by atoms with E-state index < -0.39 is 60.2 Å². The van der Waals surface area contributed by atoms with Crippen LogP contribution in [0.25, 0.3) is 10.8 Å². The van der Waals surface area contributed by atoms with Crippen LogP contribution in [0.15, 0.2) is 35.3 Å². The summed E-state index contributed by atoms with van der Waals surface area (Å²) in [6.07, 6.45) is -5.37. The van der Waals surface area contributed by atoms with Crippen LogP contribution < -0.4 is 38.7 Å². The fourth-order valence-corrected chi connectivity index (χ4v) is 6.06. The Balaban J connectivity index is 0.00000408. The maximum absolute atomic E-state index is 12.7. The van der Waals surface area contributed by atoms with Crippen molar-refractivity contribution in [3.8, 4) is 0 Å². The lowest BCUT2D eigenvalue weighted by molar-refractivity contribution is -0.250. The predicted molar refractivity (Wildman–Crippen MR) is 120 cm³/mol. The molecule has 3 unspecified atom stereocenters. The van der Waals surface area contributed by atoms with E-state index in [0.717, 1.165) is 4.57 Å². The Bertz CT molecular complexity index is 1260. The first kappa shape index (κ1) is 34.9. The van der Waals surface area contributed by atoms with Gasteiger partial charge in [-0.2, -0.15) is 0 Å². The molecular formula is C14H26ClN4O14P3. The van der Waals surface area contributed by atoms with Gasteiger partial charge in [0.1, 0.15) is 18.3 Å². The summed E-state index contributed by atoms with van der Waals surface area (Å²) >= 11 is 5.88. The van der Waals surface area contributed by atoms with Crippen molar-refractivity contribution in [1.82, 2.24) is 23.0 Å². The molecule has 0 amide bonds. The highest BCUT2D eigenvalue weighted by molar-refractivity contribution is 7.65. The Hall–Kier alpha value is -1.11. The summed E-state index contributed by atoms with van der Waals surface area (Å²) in [4.78, 5) is 54.4. The monoisotopic (exact) mass is 602 g/mol. The zero-order valence-corrected chi connectivity index (χ0v) is 22.3. The number of benzene rings is 1. The summed E-state index contributed by atoms with van der Waals surface area (Å²) in [6, 6.07) is 5.89.